The third kappa shape index (κ3) is 6.07. The van der Waals surface area contributed by atoms with Crippen LogP contribution in [0.2, 0.25) is 0 Å². The lowest BCUT2D eigenvalue weighted by Crippen LogP contribution is -2.17. The van der Waals surface area contributed by atoms with Gasteiger partial charge in [0.05, 0.1) is 11.5 Å². The van der Waals surface area contributed by atoms with Crippen LogP contribution in [0.3, 0.4) is 0 Å². The second-order valence-electron chi connectivity index (χ2n) is 5.91. The highest BCUT2D eigenvalue weighted by molar-refractivity contribution is 8.26. The summed E-state index contributed by atoms with van der Waals surface area (Å²) in [4.78, 5) is 23.9. The number of benzene rings is 2. The molecule has 0 bridgehead atoms. The van der Waals surface area contributed by atoms with Crippen LogP contribution in [0.5, 0.6) is 11.5 Å². The maximum atomic E-state index is 11.8. The Kier molecular flexibility index (Phi) is 7.26. The molecule has 0 aliphatic carbocycles. The van der Waals surface area contributed by atoms with E-state index in [0.717, 1.165) is 11.1 Å². The summed E-state index contributed by atoms with van der Waals surface area (Å²) in [7, 11) is 0. The first kappa shape index (κ1) is 20.9. The van der Waals surface area contributed by atoms with Crippen molar-refractivity contribution in [2.75, 3.05) is 13.2 Å². The zero-order valence-electron chi connectivity index (χ0n) is 15.7. The van der Waals surface area contributed by atoms with Gasteiger partial charge in [-0.15, -0.1) is 0 Å². The maximum Gasteiger partial charge on any atom is 0.344 e. The molecule has 0 saturated carbocycles. The molecule has 1 amide bonds. The van der Waals surface area contributed by atoms with Crippen LogP contribution in [0.4, 0.5) is 0 Å². The Bertz CT molecular complexity index is 958. The Hall–Kier alpha value is -2.84. The summed E-state index contributed by atoms with van der Waals surface area (Å²) in [5.41, 5.74) is 1.63. The van der Waals surface area contributed by atoms with E-state index in [1.807, 2.05) is 42.5 Å². The van der Waals surface area contributed by atoms with Crippen molar-refractivity contribution >= 4 is 46.3 Å². The lowest BCUT2D eigenvalue weighted by atomic mass is 10.2. The van der Waals surface area contributed by atoms with E-state index in [0.29, 0.717) is 27.3 Å². The van der Waals surface area contributed by atoms with Crippen molar-refractivity contribution < 1.29 is 23.8 Å². The number of hydrogen-bond acceptors (Lipinski definition) is 7. The van der Waals surface area contributed by atoms with E-state index in [4.69, 9.17) is 26.4 Å². The van der Waals surface area contributed by atoms with Crippen molar-refractivity contribution in [1.29, 1.82) is 0 Å². The second kappa shape index (κ2) is 10.1. The van der Waals surface area contributed by atoms with E-state index < -0.39 is 5.97 Å². The van der Waals surface area contributed by atoms with Crippen LogP contribution in [0, 0.1) is 0 Å². The minimum atomic E-state index is -0.419. The Morgan fingerprint density at radius 2 is 2.00 bits per heavy atom. The van der Waals surface area contributed by atoms with Crippen LogP contribution in [0.15, 0.2) is 53.4 Å². The highest BCUT2D eigenvalue weighted by Gasteiger charge is 2.21. The molecule has 1 heterocycles. The Labute approximate surface area is 178 Å². The number of carbonyl (C=O) groups excluding carboxylic acids is 2. The van der Waals surface area contributed by atoms with Gasteiger partial charge in [-0.3, -0.25) is 4.79 Å². The lowest BCUT2D eigenvalue weighted by Gasteiger charge is -2.12. The van der Waals surface area contributed by atoms with E-state index >= 15 is 0 Å². The molecule has 1 fully saturated rings. The molecular weight excluding hydrogens is 410 g/mol. The van der Waals surface area contributed by atoms with Crippen molar-refractivity contribution in [3.8, 4) is 11.5 Å². The number of hydrogen-bond donors (Lipinski definition) is 1. The van der Waals surface area contributed by atoms with Gasteiger partial charge in [0.1, 0.15) is 22.4 Å². The second-order valence-corrected chi connectivity index (χ2v) is 7.63. The van der Waals surface area contributed by atoms with E-state index in [1.54, 1.807) is 19.1 Å². The summed E-state index contributed by atoms with van der Waals surface area (Å²) in [6, 6.07) is 14.7. The molecule has 0 unspecified atom stereocenters. The summed E-state index contributed by atoms with van der Waals surface area (Å²) in [5, 5.41) is 2.59. The molecular formula is C21H19NO5S2. The Morgan fingerprint density at radius 3 is 2.76 bits per heavy atom. The van der Waals surface area contributed by atoms with Crippen LogP contribution in [0.1, 0.15) is 18.1 Å². The van der Waals surface area contributed by atoms with Gasteiger partial charge in [-0.05, 0) is 36.8 Å². The molecule has 1 aliphatic rings. The van der Waals surface area contributed by atoms with Gasteiger partial charge in [0.2, 0.25) is 0 Å². The maximum absolute atomic E-state index is 11.8. The van der Waals surface area contributed by atoms with Crippen molar-refractivity contribution in [2.24, 2.45) is 0 Å². The van der Waals surface area contributed by atoms with Crippen molar-refractivity contribution in [2.45, 2.75) is 13.5 Å². The van der Waals surface area contributed by atoms with Crippen LogP contribution in [0.25, 0.3) is 6.08 Å². The Balaban J connectivity index is 1.65. The highest BCUT2D eigenvalue weighted by Crippen LogP contribution is 2.27. The van der Waals surface area contributed by atoms with Crippen LogP contribution >= 0.6 is 24.0 Å². The van der Waals surface area contributed by atoms with Gasteiger partial charge >= 0.3 is 5.97 Å². The molecule has 3 rings (SSSR count). The number of ether oxygens (including phenoxy) is 3. The van der Waals surface area contributed by atoms with Gasteiger partial charge in [-0.25, -0.2) is 4.79 Å². The van der Waals surface area contributed by atoms with E-state index in [2.05, 4.69) is 5.32 Å². The molecule has 1 saturated heterocycles. The number of rotatable bonds is 8. The van der Waals surface area contributed by atoms with E-state index in [1.165, 1.54) is 11.8 Å². The predicted octanol–water partition coefficient (Wildman–Crippen LogP) is 3.70. The smallest absolute Gasteiger partial charge is 0.344 e. The molecule has 0 aromatic heterocycles. The largest absolute Gasteiger partial charge is 0.489 e. The SMILES string of the molecule is CCOC(=O)COc1ccccc1COc1cccc(C=C2SC(=S)NC2=O)c1. The number of para-hydroxylation sites is 1. The fourth-order valence-corrected chi connectivity index (χ4v) is 3.58. The number of thioether (sulfide) groups is 1. The fourth-order valence-electron chi connectivity index (χ4n) is 2.53. The summed E-state index contributed by atoms with van der Waals surface area (Å²) in [5.74, 6) is 0.591. The summed E-state index contributed by atoms with van der Waals surface area (Å²) >= 11 is 6.23. The van der Waals surface area contributed by atoms with Crippen LogP contribution in [-0.4, -0.2) is 29.4 Å². The lowest BCUT2D eigenvalue weighted by molar-refractivity contribution is -0.145. The minimum absolute atomic E-state index is 0.157. The number of esters is 1. The number of amides is 1. The highest BCUT2D eigenvalue weighted by atomic mass is 32.2. The molecule has 6 nitrogen and oxygen atoms in total. The number of thiocarbonyl (C=S) groups is 1. The zero-order valence-corrected chi connectivity index (χ0v) is 17.3. The fraction of sp³-hybridized carbons (Fsp3) is 0.190. The predicted molar refractivity (Wildman–Crippen MR) is 116 cm³/mol. The number of carbonyl (C=O) groups is 2. The summed E-state index contributed by atoms with van der Waals surface area (Å²) < 4.78 is 16.8. The first-order valence-electron chi connectivity index (χ1n) is 8.89. The first-order chi connectivity index (χ1) is 14.0. The molecule has 0 atom stereocenters. The Morgan fingerprint density at radius 1 is 1.17 bits per heavy atom. The summed E-state index contributed by atoms with van der Waals surface area (Å²) in [6.07, 6.45) is 1.77. The molecule has 29 heavy (non-hydrogen) atoms. The monoisotopic (exact) mass is 429 g/mol. The third-order valence-electron chi connectivity index (χ3n) is 3.82. The average molecular weight is 430 g/mol. The summed E-state index contributed by atoms with van der Waals surface area (Å²) in [6.45, 7) is 2.16. The van der Waals surface area contributed by atoms with Crippen molar-refractivity contribution in [3.63, 3.8) is 0 Å². The molecule has 0 radical (unpaired) electrons. The van der Waals surface area contributed by atoms with Gasteiger partial charge < -0.3 is 19.5 Å². The topological polar surface area (TPSA) is 73.9 Å². The molecule has 150 valence electrons. The van der Waals surface area contributed by atoms with E-state index in [9.17, 15) is 9.59 Å². The zero-order chi connectivity index (χ0) is 20.6. The van der Waals surface area contributed by atoms with E-state index in [-0.39, 0.29) is 19.1 Å². The molecule has 8 heteroatoms. The molecule has 1 N–H and O–H groups in total. The minimum Gasteiger partial charge on any atom is -0.489 e. The third-order valence-corrected chi connectivity index (χ3v) is 4.98. The van der Waals surface area contributed by atoms with Gasteiger partial charge in [-0.2, -0.15) is 0 Å². The average Bonchev–Trinajstić information content (AvgIpc) is 3.02. The molecule has 1 aliphatic heterocycles. The first-order valence-corrected chi connectivity index (χ1v) is 10.1. The van der Waals surface area contributed by atoms with Crippen molar-refractivity contribution in [3.05, 3.63) is 64.6 Å². The van der Waals surface area contributed by atoms with Crippen LogP contribution in [-0.2, 0) is 20.9 Å². The molecule has 2 aromatic rings. The standard InChI is InChI=1S/C21H19NO5S2/c1-2-25-19(23)13-27-17-9-4-3-7-15(17)12-26-16-8-5-6-14(10-16)11-18-20(24)22-21(28)29-18/h3-11H,2,12-13H2,1H3,(H,22,24,28). The van der Waals surface area contributed by atoms with Gasteiger partial charge in [0.25, 0.3) is 5.91 Å². The normalized spacial score (nSPS) is 14.6. The molecule has 0 spiro atoms. The van der Waals surface area contributed by atoms with Gasteiger partial charge in [0, 0.05) is 5.56 Å². The molecule has 2 aromatic carbocycles. The quantitative estimate of drug-likeness (QED) is 0.390. The van der Waals surface area contributed by atoms with Gasteiger partial charge in [-0.1, -0.05) is 54.3 Å². The van der Waals surface area contributed by atoms with Gasteiger partial charge in [0.15, 0.2) is 6.61 Å². The van der Waals surface area contributed by atoms with Crippen LogP contribution < -0.4 is 14.8 Å². The van der Waals surface area contributed by atoms with Crippen molar-refractivity contribution in [1.82, 2.24) is 5.32 Å². The number of nitrogens with one attached hydrogen (secondary N) is 1.